The van der Waals surface area contributed by atoms with Gasteiger partial charge in [-0.25, -0.2) is 0 Å². The summed E-state index contributed by atoms with van der Waals surface area (Å²) in [5.74, 6) is -2.34. The number of nitro benzene ring substituents is 1. The van der Waals surface area contributed by atoms with Crippen LogP contribution in [0.3, 0.4) is 0 Å². The molecule has 42 heavy (non-hydrogen) atoms. The van der Waals surface area contributed by atoms with Gasteiger partial charge in [-0.1, -0.05) is 72.3 Å². The highest BCUT2D eigenvalue weighted by atomic mass is 35.5. The maximum atomic E-state index is 14.7. The summed E-state index contributed by atoms with van der Waals surface area (Å²) >= 11 is 6.05. The minimum Gasteiger partial charge on any atom is -0.324 e. The van der Waals surface area contributed by atoms with E-state index in [1.54, 1.807) is 59.8 Å². The van der Waals surface area contributed by atoms with Gasteiger partial charge in [-0.15, -0.1) is 0 Å². The fourth-order valence-corrected chi connectivity index (χ4v) is 6.83. The van der Waals surface area contributed by atoms with Crippen molar-refractivity contribution >= 4 is 46.7 Å². The minimum absolute atomic E-state index is 0.151. The second kappa shape index (κ2) is 9.46. The minimum atomic E-state index is -1.77. The molecular weight excluding hydrogens is 556 g/mol. The SMILES string of the molecule is O=C(Nc1ccc(Cl)cc1)[C@H]1[C@H](c2ccc([N+](=O)[O-])cc2)C2(C(=O)c3ccccc3C2=O)C2c3ccccc3C=NN21. The molecule has 1 N–H and O–H groups in total. The predicted molar refractivity (Wildman–Crippen MR) is 156 cm³/mol. The fraction of sp³-hybridized carbons (Fsp3) is 0.125. The van der Waals surface area contributed by atoms with Gasteiger partial charge in [0.25, 0.3) is 5.69 Å². The number of halogens is 1. The topological polar surface area (TPSA) is 122 Å². The lowest BCUT2D eigenvalue weighted by molar-refractivity contribution is -0.384. The summed E-state index contributed by atoms with van der Waals surface area (Å²) in [4.78, 5) is 54.5. The quantitative estimate of drug-likeness (QED) is 0.186. The molecule has 1 spiro atoms. The molecule has 4 aromatic rings. The van der Waals surface area contributed by atoms with E-state index < -0.39 is 45.8 Å². The number of hydrazone groups is 1. The lowest BCUT2D eigenvalue weighted by Crippen LogP contribution is -2.44. The van der Waals surface area contributed by atoms with Gasteiger partial charge < -0.3 is 5.32 Å². The largest absolute Gasteiger partial charge is 0.324 e. The second-order valence-electron chi connectivity index (χ2n) is 10.5. The first kappa shape index (κ1) is 25.8. The Morgan fingerprint density at radius 1 is 0.881 bits per heavy atom. The maximum absolute atomic E-state index is 14.7. The number of carbonyl (C=O) groups is 3. The fourth-order valence-electron chi connectivity index (χ4n) is 6.70. The van der Waals surface area contributed by atoms with Crippen LogP contribution in [0.15, 0.2) is 102 Å². The van der Waals surface area contributed by atoms with Crippen LogP contribution in [0, 0.1) is 15.5 Å². The van der Waals surface area contributed by atoms with Crippen LogP contribution in [0.25, 0.3) is 0 Å². The molecule has 1 aliphatic carbocycles. The third-order valence-corrected chi connectivity index (χ3v) is 8.67. The molecule has 7 rings (SSSR count). The first-order valence-corrected chi connectivity index (χ1v) is 13.6. The van der Waals surface area contributed by atoms with E-state index in [4.69, 9.17) is 11.6 Å². The highest BCUT2D eigenvalue weighted by molar-refractivity contribution is 6.31. The van der Waals surface area contributed by atoms with Crippen molar-refractivity contribution in [2.24, 2.45) is 10.5 Å². The first-order chi connectivity index (χ1) is 20.3. The second-order valence-corrected chi connectivity index (χ2v) is 10.9. The number of ketones is 2. The summed E-state index contributed by atoms with van der Waals surface area (Å²) in [5.41, 5.74) is 0.968. The summed E-state index contributed by atoms with van der Waals surface area (Å²) < 4.78 is 0. The number of non-ortho nitro benzene ring substituents is 1. The molecule has 4 aromatic carbocycles. The van der Waals surface area contributed by atoms with E-state index in [1.807, 2.05) is 24.3 Å². The number of nitrogens with zero attached hydrogens (tertiary/aromatic N) is 3. The zero-order valence-corrected chi connectivity index (χ0v) is 22.6. The van der Waals surface area contributed by atoms with Gasteiger partial charge in [-0.3, -0.25) is 29.5 Å². The lowest BCUT2D eigenvalue weighted by Gasteiger charge is -2.36. The van der Waals surface area contributed by atoms with Gasteiger partial charge in [0.2, 0.25) is 5.91 Å². The predicted octanol–water partition coefficient (Wildman–Crippen LogP) is 5.81. The van der Waals surface area contributed by atoms with E-state index in [9.17, 15) is 24.5 Å². The van der Waals surface area contributed by atoms with Crippen LogP contribution in [-0.2, 0) is 4.79 Å². The van der Waals surface area contributed by atoms with Crippen LogP contribution in [0.1, 0.15) is 49.4 Å². The molecular formula is C32H21ClN4O5. The Kier molecular flexibility index (Phi) is 5.81. The van der Waals surface area contributed by atoms with E-state index in [0.717, 1.165) is 5.56 Å². The molecule has 0 bridgehead atoms. The Hall–Kier alpha value is -5.15. The zero-order valence-electron chi connectivity index (χ0n) is 21.8. The summed E-state index contributed by atoms with van der Waals surface area (Å²) in [6, 6.07) is 24.2. The number of anilines is 1. The number of hydrogen-bond donors (Lipinski definition) is 1. The Bertz CT molecular complexity index is 1800. The molecule has 1 saturated heterocycles. The maximum Gasteiger partial charge on any atom is 0.269 e. The van der Waals surface area contributed by atoms with E-state index in [1.165, 1.54) is 24.3 Å². The standard InChI is InChI=1S/C32H21ClN4O5/c33-20-11-13-21(14-12-20)35-31(40)27-26(18-9-15-22(16-10-18)37(41)42)32(29(38)24-7-3-4-8-25(24)30(32)39)28-23-6-2-1-5-19(23)17-34-36(27)28/h1-17,26-28H,(H,35,40)/t26-,27+,28?/m0/s1. The third-order valence-electron chi connectivity index (χ3n) is 8.42. The van der Waals surface area contributed by atoms with E-state index in [0.29, 0.717) is 21.8 Å². The van der Waals surface area contributed by atoms with Crippen LogP contribution in [-0.4, -0.2) is 39.7 Å². The van der Waals surface area contributed by atoms with Crippen molar-refractivity contribution in [3.05, 3.63) is 140 Å². The lowest BCUT2D eigenvalue weighted by atomic mass is 9.63. The van der Waals surface area contributed by atoms with Crippen molar-refractivity contribution in [2.75, 3.05) is 5.32 Å². The van der Waals surface area contributed by atoms with Crippen LogP contribution in [0.2, 0.25) is 5.02 Å². The molecule has 10 heteroatoms. The van der Waals surface area contributed by atoms with Gasteiger partial charge in [-0.2, -0.15) is 5.10 Å². The van der Waals surface area contributed by atoms with Gasteiger partial charge in [0.05, 0.1) is 17.2 Å². The van der Waals surface area contributed by atoms with Crippen LogP contribution < -0.4 is 5.32 Å². The van der Waals surface area contributed by atoms with Crippen molar-refractivity contribution < 1.29 is 19.3 Å². The number of fused-ring (bicyclic) bond motifs is 5. The number of nitrogens with one attached hydrogen (secondary N) is 1. The van der Waals surface area contributed by atoms with Crippen molar-refractivity contribution in [3.63, 3.8) is 0 Å². The molecule has 1 unspecified atom stereocenters. The Morgan fingerprint density at radius 2 is 1.50 bits per heavy atom. The highest BCUT2D eigenvalue weighted by Gasteiger charge is 2.72. The number of hydrogen-bond acceptors (Lipinski definition) is 7. The molecule has 1 amide bonds. The number of Topliss-reactive ketones (excluding diaryl/α,β-unsaturated/α-hetero) is 2. The van der Waals surface area contributed by atoms with Gasteiger partial charge >= 0.3 is 0 Å². The molecule has 2 aliphatic heterocycles. The Morgan fingerprint density at radius 3 is 2.14 bits per heavy atom. The normalized spacial score (nSPS) is 21.2. The van der Waals surface area contributed by atoms with Gasteiger partial charge in [-0.05, 0) is 41.0 Å². The van der Waals surface area contributed by atoms with Crippen molar-refractivity contribution in [1.82, 2.24) is 5.01 Å². The number of nitro groups is 1. The third kappa shape index (κ3) is 3.56. The average Bonchev–Trinajstić information content (AvgIpc) is 3.44. The molecule has 0 aromatic heterocycles. The number of benzene rings is 4. The molecule has 2 heterocycles. The summed E-state index contributed by atoms with van der Waals surface area (Å²) in [5, 5.41) is 21.1. The van der Waals surface area contributed by atoms with Crippen molar-refractivity contribution in [1.29, 1.82) is 0 Å². The molecule has 3 aliphatic rings. The van der Waals surface area contributed by atoms with Crippen LogP contribution in [0.5, 0.6) is 0 Å². The number of carbonyl (C=O) groups excluding carboxylic acids is 3. The summed E-state index contributed by atoms with van der Waals surface area (Å²) in [6.07, 6.45) is 1.62. The first-order valence-electron chi connectivity index (χ1n) is 13.2. The van der Waals surface area contributed by atoms with Crippen LogP contribution >= 0.6 is 11.6 Å². The van der Waals surface area contributed by atoms with Gasteiger partial charge in [0, 0.05) is 39.9 Å². The molecule has 9 nitrogen and oxygen atoms in total. The average molecular weight is 577 g/mol. The monoisotopic (exact) mass is 576 g/mol. The molecule has 0 radical (unpaired) electrons. The van der Waals surface area contributed by atoms with Crippen molar-refractivity contribution in [2.45, 2.75) is 18.0 Å². The summed E-state index contributed by atoms with van der Waals surface area (Å²) in [6.45, 7) is 0. The zero-order chi connectivity index (χ0) is 29.2. The van der Waals surface area contributed by atoms with E-state index in [-0.39, 0.29) is 16.8 Å². The van der Waals surface area contributed by atoms with E-state index in [2.05, 4.69) is 10.4 Å². The van der Waals surface area contributed by atoms with Gasteiger partial charge in [0.1, 0.15) is 11.5 Å². The molecule has 0 saturated carbocycles. The molecule has 3 atom stereocenters. The highest BCUT2D eigenvalue weighted by Crippen LogP contribution is 2.64. The van der Waals surface area contributed by atoms with E-state index >= 15 is 0 Å². The van der Waals surface area contributed by atoms with Crippen molar-refractivity contribution in [3.8, 4) is 0 Å². The molecule has 206 valence electrons. The number of rotatable bonds is 4. The smallest absolute Gasteiger partial charge is 0.269 e. The number of amides is 1. The summed E-state index contributed by atoms with van der Waals surface area (Å²) in [7, 11) is 0. The van der Waals surface area contributed by atoms with Gasteiger partial charge in [0.15, 0.2) is 11.6 Å². The molecule has 1 fully saturated rings. The van der Waals surface area contributed by atoms with Crippen LogP contribution in [0.4, 0.5) is 11.4 Å². The Balaban J connectivity index is 1.48. The Labute approximate surface area is 244 Å².